The highest BCUT2D eigenvalue weighted by molar-refractivity contribution is 5.97. The van der Waals surface area contributed by atoms with Gasteiger partial charge in [-0.05, 0) is 67.6 Å². The van der Waals surface area contributed by atoms with Crippen LogP contribution in [0.3, 0.4) is 0 Å². The fourth-order valence-electron chi connectivity index (χ4n) is 5.22. The van der Waals surface area contributed by atoms with Crippen LogP contribution in [0.15, 0.2) is 85.1 Å². The van der Waals surface area contributed by atoms with Gasteiger partial charge < -0.3 is 20.4 Å². The van der Waals surface area contributed by atoms with Gasteiger partial charge in [-0.1, -0.05) is 61.4 Å². The summed E-state index contributed by atoms with van der Waals surface area (Å²) >= 11 is 0. The molecule has 0 bridgehead atoms. The van der Waals surface area contributed by atoms with Gasteiger partial charge in [0.25, 0.3) is 5.91 Å². The first-order valence-corrected chi connectivity index (χ1v) is 14.4. The number of hydrogen-bond acceptors (Lipinski definition) is 5. The number of carbonyl (C=O) groups is 3. The maximum absolute atomic E-state index is 13.4. The molecule has 0 aliphatic carbocycles. The van der Waals surface area contributed by atoms with Crippen molar-refractivity contribution in [1.82, 2.24) is 25.6 Å². The molecule has 5 aromatic rings. The zero-order valence-electron chi connectivity index (χ0n) is 23.7. The van der Waals surface area contributed by atoms with E-state index in [9.17, 15) is 14.4 Å². The van der Waals surface area contributed by atoms with Crippen molar-refractivity contribution in [2.24, 2.45) is 0 Å². The molecule has 42 heavy (non-hydrogen) atoms. The van der Waals surface area contributed by atoms with E-state index in [0.29, 0.717) is 37.9 Å². The Bertz CT molecular complexity index is 1700. The second kappa shape index (κ2) is 13.7. The first kappa shape index (κ1) is 28.7. The van der Waals surface area contributed by atoms with Crippen molar-refractivity contribution < 1.29 is 14.4 Å². The molecule has 1 atom stereocenters. The van der Waals surface area contributed by atoms with Gasteiger partial charge in [0.15, 0.2) is 5.65 Å². The number of fused-ring (bicyclic) bond motifs is 2. The largest absolute Gasteiger partial charge is 0.354 e. The molecule has 3 heterocycles. The fraction of sp³-hybridized carbons (Fsp3) is 0.265. The van der Waals surface area contributed by atoms with E-state index in [0.717, 1.165) is 46.0 Å². The highest BCUT2D eigenvalue weighted by Gasteiger charge is 2.22. The molecular formula is C34H35N5O3. The molecule has 0 fully saturated rings. The van der Waals surface area contributed by atoms with Crippen molar-refractivity contribution >= 4 is 39.5 Å². The zero-order chi connectivity index (χ0) is 29.3. The highest BCUT2D eigenvalue weighted by Crippen LogP contribution is 2.30. The lowest BCUT2D eigenvalue weighted by molar-refractivity contribution is -0.123. The highest BCUT2D eigenvalue weighted by atomic mass is 16.2. The molecule has 214 valence electrons. The molecule has 2 amide bonds. The van der Waals surface area contributed by atoms with Gasteiger partial charge in [0.05, 0.1) is 0 Å². The third-order valence-electron chi connectivity index (χ3n) is 7.39. The second-order valence-corrected chi connectivity index (χ2v) is 10.5. The lowest BCUT2D eigenvalue weighted by atomic mass is 10.0. The number of nitrogens with zero attached hydrogens (tertiary/aromatic N) is 2. The Labute approximate surface area is 245 Å². The fourth-order valence-corrected chi connectivity index (χ4v) is 5.22. The van der Waals surface area contributed by atoms with Crippen LogP contribution in [0.25, 0.3) is 33.2 Å². The Morgan fingerprint density at radius 1 is 0.881 bits per heavy atom. The number of aromatic nitrogens is 3. The summed E-state index contributed by atoms with van der Waals surface area (Å²) in [6.45, 7) is 1.99. The summed E-state index contributed by atoms with van der Waals surface area (Å²) in [5.41, 5.74) is 4.99. The number of ketones is 1. The molecule has 2 aromatic carbocycles. The number of benzene rings is 2. The number of unbranched alkanes of at least 4 members (excludes halogenated alkanes) is 2. The summed E-state index contributed by atoms with van der Waals surface area (Å²) in [6.07, 6.45) is 5.50. The molecule has 3 aromatic heterocycles. The summed E-state index contributed by atoms with van der Waals surface area (Å²) in [4.78, 5) is 50.1. The smallest absolute Gasteiger partial charge is 0.270 e. The number of para-hydroxylation sites is 1. The summed E-state index contributed by atoms with van der Waals surface area (Å²) in [5, 5.41) is 7.91. The van der Waals surface area contributed by atoms with Crippen LogP contribution in [0.1, 0.15) is 55.1 Å². The zero-order valence-corrected chi connectivity index (χ0v) is 23.7. The van der Waals surface area contributed by atoms with Crippen molar-refractivity contribution in [1.29, 1.82) is 0 Å². The number of aromatic amines is 1. The van der Waals surface area contributed by atoms with Gasteiger partial charge >= 0.3 is 0 Å². The van der Waals surface area contributed by atoms with Crippen LogP contribution in [0.2, 0.25) is 0 Å². The van der Waals surface area contributed by atoms with Crippen molar-refractivity contribution in [3.05, 3.63) is 96.3 Å². The van der Waals surface area contributed by atoms with Crippen molar-refractivity contribution in [3.8, 4) is 11.3 Å². The van der Waals surface area contributed by atoms with Crippen LogP contribution >= 0.6 is 0 Å². The lowest BCUT2D eigenvalue weighted by Crippen LogP contribution is -2.47. The second-order valence-electron chi connectivity index (χ2n) is 10.5. The van der Waals surface area contributed by atoms with Gasteiger partial charge in [-0.25, -0.2) is 9.97 Å². The van der Waals surface area contributed by atoms with Crippen LogP contribution in [0, 0.1) is 0 Å². The third kappa shape index (κ3) is 7.07. The first-order chi connectivity index (χ1) is 20.5. The van der Waals surface area contributed by atoms with Crippen molar-refractivity contribution in [3.63, 3.8) is 0 Å². The van der Waals surface area contributed by atoms with Gasteiger partial charge in [-0.2, -0.15) is 0 Å². The molecule has 8 heteroatoms. The van der Waals surface area contributed by atoms with E-state index in [1.807, 2.05) is 42.5 Å². The molecule has 5 rings (SSSR count). The Hall–Kier alpha value is -4.85. The Morgan fingerprint density at radius 3 is 2.52 bits per heavy atom. The summed E-state index contributed by atoms with van der Waals surface area (Å²) in [6, 6.07) is 24.7. The summed E-state index contributed by atoms with van der Waals surface area (Å²) < 4.78 is 0. The van der Waals surface area contributed by atoms with E-state index in [1.165, 1.54) is 0 Å². The molecular weight excluding hydrogens is 526 g/mol. The van der Waals surface area contributed by atoms with Crippen LogP contribution in [-0.2, 0) is 16.0 Å². The predicted molar refractivity (Wildman–Crippen MR) is 165 cm³/mol. The molecule has 8 nitrogen and oxygen atoms in total. The standard InChI is InChI=1S/C34H35N5O3/c1-23(40)11-4-2-7-17-29(39-34(42)30-19-18-25-14-10-21-35-32(25)38-30)33(41)36-22-20-27-26-15-8-9-16-28(26)37-31(27)24-12-5-3-6-13-24/h3,5-6,8-10,12-16,18-19,21,29,37H,2,4,7,11,17,20,22H2,1H3,(H,36,41)(H,39,42)/t29-/m0/s1. The number of rotatable bonds is 13. The van der Waals surface area contributed by atoms with Crippen LogP contribution in [0.4, 0.5) is 0 Å². The summed E-state index contributed by atoms with van der Waals surface area (Å²) in [5.74, 6) is -0.509. The number of hydrogen-bond donors (Lipinski definition) is 3. The molecule has 0 unspecified atom stereocenters. The average Bonchev–Trinajstić information content (AvgIpc) is 3.38. The molecule has 0 saturated heterocycles. The number of nitrogens with one attached hydrogen (secondary N) is 3. The minimum atomic E-state index is -0.729. The number of Topliss-reactive ketones (excluding diaryl/α,β-unsaturated/α-hetero) is 1. The van der Waals surface area contributed by atoms with Gasteiger partial charge in [0, 0.05) is 41.1 Å². The molecule has 3 N–H and O–H groups in total. The molecule has 0 spiro atoms. The lowest BCUT2D eigenvalue weighted by Gasteiger charge is -2.19. The number of carbonyl (C=O) groups excluding carboxylic acids is 3. The van der Waals surface area contributed by atoms with E-state index in [4.69, 9.17) is 0 Å². The predicted octanol–water partition coefficient (Wildman–Crippen LogP) is 5.77. The summed E-state index contributed by atoms with van der Waals surface area (Å²) in [7, 11) is 0. The van der Waals surface area contributed by atoms with E-state index in [1.54, 1.807) is 25.3 Å². The van der Waals surface area contributed by atoms with Crippen molar-refractivity contribution in [2.75, 3.05) is 6.54 Å². The number of H-pyrrole nitrogens is 1. The van der Waals surface area contributed by atoms with Gasteiger partial charge in [-0.15, -0.1) is 0 Å². The Morgan fingerprint density at radius 2 is 1.69 bits per heavy atom. The normalized spacial score (nSPS) is 11.8. The Balaban J connectivity index is 1.28. The van der Waals surface area contributed by atoms with E-state index < -0.39 is 11.9 Å². The topological polar surface area (TPSA) is 117 Å². The molecule has 0 radical (unpaired) electrons. The average molecular weight is 562 g/mol. The van der Waals surface area contributed by atoms with E-state index >= 15 is 0 Å². The number of amides is 2. The molecule has 0 aliphatic heterocycles. The monoisotopic (exact) mass is 561 g/mol. The van der Waals surface area contributed by atoms with Gasteiger partial charge in [0.1, 0.15) is 17.5 Å². The van der Waals surface area contributed by atoms with Crippen LogP contribution in [0.5, 0.6) is 0 Å². The van der Waals surface area contributed by atoms with Crippen LogP contribution in [-0.4, -0.2) is 45.1 Å². The Kier molecular flexibility index (Phi) is 9.33. The minimum absolute atomic E-state index is 0.153. The van der Waals surface area contributed by atoms with E-state index in [2.05, 4.69) is 49.9 Å². The third-order valence-corrected chi connectivity index (χ3v) is 7.39. The van der Waals surface area contributed by atoms with Crippen molar-refractivity contribution in [2.45, 2.75) is 51.5 Å². The minimum Gasteiger partial charge on any atom is -0.354 e. The molecule has 0 saturated carbocycles. The quantitative estimate of drug-likeness (QED) is 0.158. The van der Waals surface area contributed by atoms with Crippen LogP contribution < -0.4 is 10.6 Å². The van der Waals surface area contributed by atoms with Gasteiger partial charge in [-0.3, -0.25) is 9.59 Å². The maximum atomic E-state index is 13.4. The maximum Gasteiger partial charge on any atom is 0.270 e. The molecule has 0 aliphatic rings. The number of pyridine rings is 2. The van der Waals surface area contributed by atoms with Gasteiger partial charge in [0.2, 0.25) is 5.91 Å². The first-order valence-electron chi connectivity index (χ1n) is 14.4. The SMILES string of the molecule is CC(=O)CCCCC[C@H](NC(=O)c1ccc2cccnc2n1)C(=O)NCCc1c(-c2ccccc2)[nH]c2ccccc12. The van der Waals surface area contributed by atoms with E-state index in [-0.39, 0.29) is 17.4 Å².